The van der Waals surface area contributed by atoms with Crippen molar-refractivity contribution in [1.82, 2.24) is 0 Å². The molecule has 0 radical (unpaired) electrons. The van der Waals surface area contributed by atoms with E-state index in [0.717, 1.165) is 77.0 Å². The Hall–Kier alpha value is -0.650. The van der Waals surface area contributed by atoms with Gasteiger partial charge in [0, 0.05) is 13.0 Å². The van der Waals surface area contributed by atoms with Crippen LogP contribution in [0.5, 0.6) is 0 Å². The molecule has 150 valence electrons. The second kappa shape index (κ2) is 18.2. The third-order valence-electron chi connectivity index (χ3n) is 4.57. The van der Waals surface area contributed by atoms with Gasteiger partial charge in [-0.1, -0.05) is 58.3 Å². The molecule has 0 amide bonds. The van der Waals surface area contributed by atoms with Gasteiger partial charge in [-0.3, -0.25) is 4.79 Å². The lowest BCUT2D eigenvalue weighted by Gasteiger charge is -2.13. The van der Waals surface area contributed by atoms with Gasteiger partial charge < -0.3 is 20.1 Å². The van der Waals surface area contributed by atoms with Crippen molar-refractivity contribution in [3.8, 4) is 0 Å². The Kier molecular flexibility index (Phi) is 17.7. The molecule has 0 bridgehead atoms. The lowest BCUT2D eigenvalue weighted by Crippen LogP contribution is -2.20. The fraction of sp³-hybridized carbons (Fsp3) is 0.950. The van der Waals surface area contributed by atoms with Gasteiger partial charge in [0.05, 0.1) is 12.7 Å². The van der Waals surface area contributed by atoms with E-state index in [1.165, 1.54) is 0 Å². The summed E-state index contributed by atoms with van der Waals surface area (Å²) in [4.78, 5) is 11.6. The smallest absolute Gasteiger partial charge is 0.306 e. The minimum Gasteiger partial charge on any atom is -0.460 e. The van der Waals surface area contributed by atoms with Crippen molar-refractivity contribution < 1.29 is 24.9 Å². The van der Waals surface area contributed by atoms with Crippen LogP contribution in [0.4, 0.5) is 0 Å². The van der Waals surface area contributed by atoms with Crippen LogP contribution in [0.1, 0.15) is 96.8 Å². The maximum atomic E-state index is 11.6. The van der Waals surface area contributed by atoms with Gasteiger partial charge in [0.2, 0.25) is 0 Å². The predicted octanol–water partition coefficient (Wildman–Crippen LogP) is 3.73. The Morgan fingerprint density at radius 3 is 1.88 bits per heavy atom. The van der Waals surface area contributed by atoms with Crippen molar-refractivity contribution >= 4 is 5.97 Å². The highest BCUT2D eigenvalue weighted by Crippen LogP contribution is 2.14. The molecular formula is C20H40O5. The van der Waals surface area contributed by atoms with Gasteiger partial charge in [0.1, 0.15) is 6.10 Å². The first-order chi connectivity index (χ1) is 12.1. The zero-order valence-electron chi connectivity index (χ0n) is 16.1. The van der Waals surface area contributed by atoms with Gasteiger partial charge in [-0.25, -0.2) is 0 Å². The first-order valence-corrected chi connectivity index (χ1v) is 10.2. The third-order valence-corrected chi connectivity index (χ3v) is 4.57. The molecule has 0 heterocycles. The molecule has 2 atom stereocenters. The van der Waals surface area contributed by atoms with Gasteiger partial charge in [-0.2, -0.15) is 0 Å². The van der Waals surface area contributed by atoms with E-state index in [2.05, 4.69) is 0 Å². The van der Waals surface area contributed by atoms with Crippen molar-refractivity contribution in [2.45, 2.75) is 109 Å². The molecule has 0 rings (SSSR count). The molecule has 0 aromatic heterocycles. The van der Waals surface area contributed by atoms with Crippen molar-refractivity contribution in [3.05, 3.63) is 0 Å². The summed E-state index contributed by atoms with van der Waals surface area (Å²) in [5.74, 6) is -0.206. The summed E-state index contributed by atoms with van der Waals surface area (Å²) < 4.78 is 5.14. The molecule has 0 fully saturated rings. The number of hydrogen-bond donors (Lipinski definition) is 3. The lowest BCUT2D eigenvalue weighted by atomic mass is 10.0. The quantitative estimate of drug-likeness (QED) is 0.256. The van der Waals surface area contributed by atoms with Crippen LogP contribution < -0.4 is 0 Å². The molecule has 5 nitrogen and oxygen atoms in total. The van der Waals surface area contributed by atoms with E-state index in [1.807, 2.05) is 6.92 Å². The van der Waals surface area contributed by atoms with E-state index in [0.29, 0.717) is 12.8 Å². The van der Waals surface area contributed by atoms with Crippen LogP contribution in [0.25, 0.3) is 0 Å². The number of carbonyl (C=O) groups excluding carboxylic acids is 1. The summed E-state index contributed by atoms with van der Waals surface area (Å²) >= 11 is 0. The number of rotatable bonds is 18. The van der Waals surface area contributed by atoms with Crippen LogP contribution in [-0.4, -0.2) is 46.7 Å². The molecule has 3 N–H and O–H groups in total. The van der Waals surface area contributed by atoms with Gasteiger partial charge in [0.25, 0.3) is 0 Å². The van der Waals surface area contributed by atoms with Gasteiger partial charge in [0.15, 0.2) is 0 Å². The zero-order valence-corrected chi connectivity index (χ0v) is 16.1. The van der Waals surface area contributed by atoms with Crippen molar-refractivity contribution in [2.75, 3.05) is 13.2 Å². The Morgan fingerprint density at radius 2 is 1.36 bits per heavy atom. The van der Waals surface area contributed by atoms with Crippen molar-refractivity contribution in [1.29, 1.82) is 0 Å². The molecular weight excluding hydrogens is 320 g/mol. The largest absolute Gasteiger partial charge is 0.460 e. The maximum Gasteiger partial charge on any atom is 0.306 e. The molecule has 5 heteroatoms. The van der Waals surface area contributed by atoms with E-state index in [9.17, 15) is 9.90 Å². The Labute approximate surface area is 153 Å². The minimum atomic E-state index is -0.353. The normalized spacial score (nSPS) is 13.6. The fourth-order valence-electron chi connectivity index (χ4n) is 2.84. The van der Waals surface area contributed by atoms with E-state index in [1.54, 1.807) is 0 Å². The monoisotopic (exact) mass is 360 g/mol. The van der Waals surface area contributed by atoms with Crippen LogP contribution in [0, 0.1) is 0 Å². The Bertz CT molecular complexity index is 292. The molecule has 0 aliphatic heterocycles. The summed E-state index contributed by atoms with van der Waals surface area (Å²) in [7, 11) is 0. The number of aliphatic hydroxyl groups is 3. The maximum absolute atomic E-state index is 11.6. The zero-order chi connectivity index (χ0) is 18.8. The van der Waals surface area contributed by atoms with E-state index >= 15 is 0 Å². The summed E-state index contributed by atoms with van der Waals surface area (Å²) in [6.07, 6.45) is 12.7. The minimum absolute atomic E-state index is 0.100. The second-order valence-corrected chi connectivity index (χ2v) is 6.94. The van der Waals surface area contributed by atoms with Crippen LogP contribution >= 0.6 is 0 Å². The number of carbonyl (C=O) groups is 1. The fourth-order valence-corrected chi connectivity index (χ4v) is 2.84. The average molecular weight is 361 g/mol. The van der Waals surface area contributed by atoms with Crippen molar-refractivity contribution in [3.63, 3.8) is 0 Å². The van der Waals surface area contributed by atoms with E-state index in [4.69, 9.17) is 14.9 Å². The highest BCUT2D eigenvalue weighted by atomic mass is 16.5. The molecule has 0 aliphatic rings. The van der Waals surface area contributed by atoms with Gasteiger partial charge >= 0.3 is 5.97 Å². The predicted molar refractivity (Wildman–Crippen MR) is 100 cm³/mol. The van der Waals surface area contributed by atoms with E-state index < -0.39 is 0 Å². The standard InChI is InChI=1S/C20H40O5/c1-2-19(17-22)25-20(24)15-11-6-4-3-5-9-13-18(23)14-10-7-8-12-16-21/h18-19,21-23H,2-17H2,1H3. The molecule has 0 aromatic rings. The van der Waals surface area contributed by atoms with E-state index in [-0.39, 0.29) is 31.4 Å². The average Bonchev–Trinajstić information content (AvgIpc) is 2.61. The molecule has 2 unspecified atom stereocenters. The van der Waals surface area contributed by atoms with Crippen LogP contribution in [0.3, 0.4) is 0 Å². The number of hydrogen-bond acceptors (Lipinski definition) is 5. The number of unbranched alkanes of at least 4 members (excludes halogenated alkanes) is 8. The van der Waals surface area contributed by atoms with Gasteiger partial charge in [-0.15, -0.1) is 0 Å². The van der Waals surface area contributed by atoms with Crippen LogP contribution in [-0.2, 0) is 9.53 Å². The molecule has 0 saturated carbocycles. The highest BCUT2D eigenvalue weighted by molar-refractivity contribution is 5.69. The van der Waals surface area contributed by atoms with Crippen LogP contribution in [0.15, 0.2) is 0 Å². The first-order valence-electron chi connectivity index (χ1n) is 10.2. The molecule has 0 spiro atoms. The first kappa shape index (κ1) is 24.4. The summed E-state index contributed by atoms with van der Waals surface area (Å²) in [6, 6.07) is 0. The SMILES string of the molecule is CCC(CO)OC(=O)CCCCCCCCC(O)CCCCCCO. The Morgan fingerprint density at radius 1 is 0.840 bits per heavy atom. The number of esters is 1. The molecule has 0 aromatic carbocycles. The molecule has 0 aliphatic carbocycles. The van der Waals surface area contributed by atoms with Crippen molar-refractivity contribution in [2.24, 2.45) is 0 Å². The topological polar surface area (TPSA) is 87.0 Å². The summed E-state index contributed by atoms with van der Waals surface area (Å²) in [5.41, 5.74) is 0. The lowest BCUT2D eigenvalue weighted by molar-refractivity contribution is -0.151. The van der Waals surface area contributed by atoms with Crippen LogP contribution in [0.2, 0.25) is 0 Å². The summed E-state index contributed by atoms with van der Waals surface area (Å²) in [6.45, 7) is 2.06. The second-order valence-electron chi connectivity index (χ2n) is 6.94. The highest BCUT2D eigenvalue weighted by Gasteiger charge is 2.10. The summed E-state index contributed by atoms with van der Waals surface area (Å²) in [5, 5.41) is 27.6. The number of ether oxygens (including phenoxy) is 1. The number of aliphatic hydroxyl groups excluding tert-OH is 3. The Balaban J connectivity index is 3.34. The molecule has 0 saturated heterocycles. The van der Waals surface area contributed by atoms with Gasteiger partial charge in [-0.05, 0) is 32.1 Å². The third kappa shape index (κ3) is 16.6. The molecule has 25 heavy (non-hydrogen) atoms.